The summed E-state index contributed by atoms with van der Waals surface area (Å²) in [5.41, 5.74) is 3.26. The minimum absolute atomic E-state index is 0.168. The van der Waals surface area contributed by atoms with Gasteiger partial charge in [0.25, 0.3) is 0 Å². The van der Waals surface area contributed by atoms with Crippen LogP contribution in [0.2, 0.25) is 0 Å². The third-order valence-electron chi connectivity index (χ3n) is 5.35. The van der Waals surface area contributed by atoms with E-state index in [1.807, 2.05) is 61.5 Å². The third kappa shape index (κ3) is 4.99. The van der Waals surface area contributed by atoms with Gasteiger partial charge in [-0.2, -0.15) is 9.57 Å². The van der Waals surface area contributed by atoms with Gasteiger partial charge < -0.3 is 0 Å². The van der Waals surface area contributed by atoms with Crippen molar-refractivity contribution in [1.82, 2.24) is 9.21 Å². The standard InChI is InChI=1S/C22H27N3O2S/c1-19-8-5-6-12-21(19)22(18-23)24-13-15-25(16-14-24)28(26,27)17-7-11-20-9-3-2-4-10-20/h2-6,8-10,12,22H,7,11,13-17H2,1H3. The van der Waals surface area contributed by atoms with Crippen LogP contribution in [0, 0.1) is 18.3 Å². The van der Waals surface area contributed by atoms with Crippen molar-refractivity contribution in [3.63, 3.8) is 0 Å². The van der Waals surface area contributed by atoms with E-state index in [2.05, 4.69) is 11.0 Å². The van der Waals surface area contributed by atoms with Gasteiger partial charge >= 0.3 is 0 Å². The van der Waals surface area contributed by atoms with Crippen molar-refractivity contribution in [1.29, 1.82) is 5.26 Å². The van der Waals surface area contributed by atoms with E-state index in [1.165, 1.54) is 0 Å². The number of nitrogens with zero attached hydrogens (tertiary/aromatic N) is 3. The predicted octanol–water partition coefficient (Wildman–Crippen LogP) is 3.14. The van der Waals surface area contributed by atoms with Crippen molar-refractivity contribution in [2.45, 2.75) is 25.8 Å². The van der Waals surface area contributed by atoms with Crippen LogP contribution in [0.5, 0.6) is 0 Å². The second-order valence-electron chi connectivity index (χ2n) is 7.23. The minimum atomic E-state index is -3.26. The third-order valence-corrected chi connectivity index (χ3v) is 7.30. The largest absolute Gasteiger partial charge is 0.282 e. The van der Waals surface area contributed by atoms with E-state index in [0.717, 1.165) is 23.1 Å². The van der Waals surface area contributed by atoms with Crippen LogP contribution < -0.4 is 0 Å². The topological polar surface area (TPSA) is 64.4 Å². The molecule has 1 aliphatic rings. The van der Waals surface area contributed by atoms with E-state index >= 15 is 0 Å². The van der Waals surface area contributed by atoms with Gasteiger partial charge in [-0.3, -0.25) is 4.90 Å². The molecule has 1 fully saturated rings. The lowest BCUT2D eigenvalue weighted by atomic mass is 10.0. The summed E-state index contributed by atoms with van der Waals surface area (Å²) in [4.78, 5) is 2.08. The van der Waals surface area contributed by atoms with Crippen LogP contribution in [0.25, 0.3) is 0 Å². The Labute approximate surface area is 168 Å². The molecule has 0 spiro atoms. The maximum atomic E-state index is 12.7. The number of sulfonamides is 1. The van der Waals surface area contributed by atoms with Crippen LogP contribution in [-0.4, -0.2) is 49.6 Å². The van der Waals surface area contributed by atoms with Crippen molar-refractivity contribution in [3.8, 4) is 6.07 Å². The first kappa shape index (κ1) is 20.5. The highest BCUT2D eigenvalue weighted by Crippen LogP contribution is 2.25. The summed E-state index contributed by atoms with van der Waals surface area (Å²) in [6, 6.07) is 19.9. The van der Waals surface area contributed by atoms with Crippen LogP contribution in [0.3, 0.4) is 0 Å². The number of piperazine rings is 1. The van der Waals surface area contributed by atoms with Gasteiger partial charge in [0.15, 0.2) is 0 Å². The molecule has 0 N–H and O–H groups in total. The van der Waals surface area contributed by atoms with Crippen LogP contribution in [-0.2, 0) is 16.4 Å². The Morgan fingerprint density at radius 2 is 1.64 bits per heavy atom. The lowest BCUT2D eigenvalue weighted by Gasteiger charge is -2.36. The van der Waals surface area contributed by atoms with Gasteiger partial charge in [0.2, 0.25) is 10.0 Å². The molecular formula is C22H27N3O2S. The molecule has 6 heteroatoms. The zero-order chi connectivity index (χ0) is 20.0. The van der Waals surface area contributed by atoms with Crippen molar-refractivity contribution in [2.24, 2.45) is 0 Å². The Morgan fingerprint density at radius 3 is 2.29 bits per heavy atom. The van der Waals surface area contributed by atoms with Gasteiger partial charge in [-0.1, -0.05) is 54.6 Å². The van der Waals surface area contributed by atoms with Gasteiger partial charge in [0.05, 0.1) is 11.8 Å². The molecule has 148 valence electrons. The lowest BCUT2D eigenvalue weighted by molar-refractivity contribution is 0.162. The van der Waals surface area contributed by atoms with Crippen LogP contribution in [0.1, 0.15) is 29.2 Å². The van der Waals surface area contributed by atoms with Gasteiger partial charge in [0, 0.05) is 26.2 Å². The number of hydrogen-bond donors (Lipinski definition) is 0. The first-order valence-corrected chi connectivity index (χ1v) is 11.3. The van der Waals surface area contributed by atoms with E-state index in [4.69, 9.17) is 0 Å². The molecule has 1 saturated heterocycles. The normalized spacial score (nSPS) is 17.1. The highest BCUT2D eigenvalue weighted by molar-refractivity contribution is 7.89. The molecular weight excluding hydrogens is 370 g/mol. The average molecular weight is 398 g/mol. The molecule has 0 aromatic heterocycles. The SMILES string of the molecule is Cc1ccccc1C(C#N)N1CCN(S(=O)(=O)CCCc2ccccc2)CC1. The summed E-state index contributed by atoms with van der Waals surface area (Å²) in [5.74, 6) is 0.168. The van der Waals surface area contributed by atoms with E-state index in [0.29, 0.717) is 32.6 Å². The molecule has 1 aliphatic heterocycles. The summed E-state index contributed by atoms with van der Waals surface area (Å²) in [6.07, 6.45) is 1.39. The second kappa shape index (κ2) is 9.33. The second-order valence-corrected chi connectivity index (χ2v) is 9.32. The van der Waals surface area contributed by atoms with Gasteiger partial charge in [-0.05, 0) is 36.5 Å². The summed E-state index contributed by atoms with van der Waals surface area (Å²) < 4.78 is 27.0. The molecule has 0 bridgehead atoms. The molecule has 0 aliphatic carbocycles. The Balaban J connectivity index is 1.55. The first-order valence-electron chi connectivity index (χ1n) is 9.72. The quantitative estimate of drug-likeness (QED) is 0.720. The van der Waals surface area contributed by atoms with Gasteiger partial charge in [0.1, 0.15) is 6.04 Å². The summed E-state index contributed by atoms with van der Waals surface area (Å²) in [5, 5.41) is 9.68. The Bertz CT molecular complexity index is 914. The maximum Gasteiger partial charge on any atom is 0.214 e. The number of rotatable bonds is 7. The highest BCUT2D eigenvalue weighted by Gasteiger charge is 2.30. The maximum absolute atomic E-state index is 12.7. The predicted molar refractivity (Wildman–Crippen MR) is 111 cm³/mol. The van der Waals surface area contributed by atoms with Crippen molar-refractivity contribution in [2.75, 3.05) is 31.9 Å². The fourth-order valence-electron chi connectivity index (χ4n) is 3.71. The van der Waals surface area contributed by atoms with E-state index in [1.54, 1.807) is 4.31 Å². The highest BCUT2D eigenvalue weighted by atomic mass is 32.2. The molecule has 0 radical (unpaired) electrons. The van der Waals surface area contributed by atoms with E-state index in [-0.39, 0.29) is 11.8 Å². The van der Waals surface area contributed by atoms with Crippen LogP contribution in [0.4, 0.5) is 0 Å². The zero-order valence-corrected chi connectivity index (χ0v) is 17.1. The molecule has 1 atom stereocenters. The number of nitriles is 1. The Kier molecular flexibility index (Phi) is 6.84. The number of hydrogen-bond acceptors (Lipinski definition) is 4. The van der Waals surface area contributed by atoms with Crippen molar-refractivity contribution in [3.05, 3.63) is 71.3 Å². The monoisotopic (exact) mass is 397 g/mol. The molecule has 5 nitrogen and oxygen atoms in total. The number of benzene rings is 2. The van der Waals surface area contributed by atoms with E-state index < -0.39 is 10.0 Å². The fraction of sp³-hybridized carbons (Fsp3) is 0.409. The van der Waals surface area contributed by atoms with Gasteiger partial charge in [-0.15, -0.1) is 0 Å². The molecule has 1 heterocycles. The smallest absolute Gasteiger partial charge is 0.214 e. The minimum Gasteiger partial charge on any atom is -0.282 e. The fourth-order valence-corrected chi connectivity index (χ4v) is 5.20. The van der Waals surface area contributed by atoms with Crippen LogP contribution >= 0.6 is 0 Å². The molecule has 2 aromatic carbocycles. The van der Waals surface area contributed by atoms with Crippen LogP contribution in [0.15, 0.2) is 54.6 Å². The molecule has 2 aromatic rings. The summed E-state index contributed by atoms with van der Waals surface area (Å²) in [6.45, 7) is 4.04. The molecule has 0 saturated carbocycles. The molecule has 28 heavy (non-hydrogen) atoms. The first-order chi connectivity index (χ1) is 13.5. The molecule has 3 rings (SSSR count). The summed E-state index contributed by atoms with van der Waals surface area (Å²) in [7, 11) is -3.26. The molecule has 1 unspecified atom stereocenters. The van der Waals surface area contributed by atoms with Gasteiger partial charge in [-0.25, -0.2) is 8.42 Å². The zero-order valence-electron chi connectivity index (χ0n) is 16.3. The van der Waals surface area contributed by atoms with Crippen molar-refractivity contribution >= 4 is 10.0 Å². The Morgan fingerprint density at radius 1 is 1.00 bits per heavy atom. The Hall–Kier alpha value is -2.20. The summed E-state index contributed by atoms with van der Waals surface area (Å²) >= 11 is 0. The molecule has 0 amide bonds. The average Bonchev–Trinajstić information content (AvgIpc) is 2.71. The van der Waals surface area contributed by atoms with Crippen molar-refractivity contribution < 1.29 is 8.42 Å². The number of aryl methyl sites for hydroxylation is 2. The lowest BCUT2D eigenvalue weighted by Crippen LogP contribution is -2.50. The van der Waals surface area contributed by atoms with E-state index in [9.17, 15) is 13.7 Å².